The highest BCUT2D eigenvalue weighted by atomic mass is 32.2. The standard InChI is InChI=1S/C13H19N3O4S/c1-10-5-3-7-12(13(10)16(17)18)15-8-4-6-11(9-15)14-21(2,19)20/h3,5,7,11,14H,4,6,8-9H2,1-2H3/t11-/m1/s1. The molecular formula is C13H19N3O4S. The third-order valence-electron chi connectivity index (χ3n) is 3.54. The van der Waals surface area contributed by atoms with Gasteiger partial charge < -0.3 is 4.90 Å². The molecule has 0 aliphatic carbocycles. The molecule has 0 bridgehead atoms. The molecule has 0 unspecified atom stereocenters. The van der Waals surface area contributed by atoms with Crippen LogP contribution in [0.2, 0.25) is 0 Å². The van der Waals surface area contributed by atoms with Gasteiger partial charge in [0.1, 0.15) is 5.69 Å². The summed E-state index contributed by atoms with van der Waals surface area (Å²) in [6, 6.07) is 4.99. The summed E-state index contributed by atoms with van der Waals surface area (Å²) in [4.78, 5) is 12.8. The van der Waals surface area contributed by atoms with Gasteiger partial charge in [0, 0.05) is 24.7 Å². The van der Waals surface area contributed by atoms with E-state index in [2.05, 4.69) is 4.72 Å². The number of rotatable bonds is 4. The predicted molar refractivity (Wildman–Crippen MR) is 81.0 cm³/mol. The van der Waals surface area contributed by atoms with Gasteiger partial charge in [0.2, 0.25) is 10.0 Å². The number of hydrogen-bond donors (Lipinski definition) is 1. The third-order valence-corrected chi connectivity index (χ3v) is 4.30. The molecule has 1 fully saturated rings. The summed E-state index contributed by atoms with van der Waals surface area (Å²) in [5.74, 6) is 0. The van der Waals surface area contributed by atoms with E-state index in [0.717, 1.165) is 19.1 Å². The number of benzene rings is 1. The van der Waals surface area contributed by atoms with E-state index in [0.29, 0.717) is 24.3 Å². The second-order valence-electron chi connectivity index (χ2n) is 5.37. The minimum Gasteiger partial charge on any atom is -0.364 e. The summed E-state index contributed by atoms with van der Waals surface area (Å²) < 4.78 is 25.2. The van der Waals surface area contributed by atoms with E-state index < -0.39 is 10.0 Å². The Morgan fingerprint density at radius 2 is 2.14 bits per heavy atom. The van der Waals surface area contributed by atoms with Crippen molar-refractivity contribution >= 4 is 21.4 Å². The van der Waals surface area contributed by atoms with E-state index >= 15 is 0 Å². The molecule has 2 rings (SSSR count). The zero-order valence-corrected chi connectivity index (χ0v) is 12.9. The number of nitrogens with one attached hydrogen (secondary N) is 1. The van der Waals surface area contributed by atoms with Crippen molar-refractivity contribution in [3.63, 3.8) is 0 Å². The zero-order chi connectivity index (χ0) is 15.6. The summed E-state index contributed by atoms with van der Waals surface area (Å²) in [5.41, 5.74) is 1.26. The van der Waals surface area contributed by atoms with Crippen LogP contribution >= 0.6 is 0 Å². The summed E-state index contributed by atoms with van der Waals surface area (Å²) in [6.07, 6.45) is 2.66. The molecule has 0 aromatic heterocycles. The first-order valence-electron chi connectivity index (χ1n) is 6.74. The van der Waals surface area contributed by atoms with Crippen LogP contribution in [0, 0.1) is 17.0 Å². The molecule has 7 nitrogen and oxygen atoms in total. The van der Waals surface area contributed by atoms with E-state index in [1.54, 1.807) is 25.1 Å². The van der Waals surface area contributed by atoms with Crippen LogP contribution in [-0.2, 0) is 10.0 Å². The molecule has 0 spiro atoms. The average Bonchev–Trinajstić information content (AvgIpc) is 2.36. The van der Waals surface area contributed by atoms with E-state index in [9.17, 15) is 18.5 Å². The maximum atomic E-state index is 11.3. The van der Waals surface area contributed by atoms with Crippen molar-refractivity contribution in [1.29, 1.82) is 0 Å². The van der Waals surface area contributed by atoms with Crippen LogP contribution in [0.25, 0.3) is 0 Å². The maximum Gasteiger partial charge on any atom is 0.295 e. The Morgan fingerprint density at radius 1 is 1.43 bits per heavy atom. The molecule has 0 saturated carbocycles. The van der Waals surface area contributed by atoms with Gasteiger partial charge >= 0.3 is 0 Å². The average molecular weight is 313 g/mol. The molecule has 1 heterocycles. The molecule has 116 valence electrons. The Kier molecular flexibility index (Phi) is 4.48. The minimum atomic E-state index is -3.27. The number of nitrogens with zero attached hydrogens (tertiary/aromatic N) is 2. The van der Waals surface area contributed by atoms with Crippen molar-refractivity contribution < 1.29 is 13.3 Å². The van der Waals surface area contributed by atoms with Crippen LogP contribution in [0.15, 0.2) is 18.2 Å². The fraction of sp³-hybridized carbons (Fsp3) is 0.538. The molecule has 1 aliphatic heterocycles. The first-order chi connectivity index (χ1) is 9.78. The maximum absolute atomic E-state index is 11.3. The second-order valence-corrected chi connectivity index (χ2v) is 7.15. The van der Waals surface area contributed by atoms with E-state index in [4.69, 9.17) is 0 Å². The first kappa shape index (κ1) is 15.7. The van der Waals surface area contributed by atoms with Crippen LogP contribution in [0.3, 0.4) is 0 Å². The number of hydrogen-bond acceptors (Lipinski definition) is 5. The Balaban J connectivity index is 2.26. The number of nitro benzene ring substituents is 1. The van der Waals surface area contributed by atoms with Crippen molar-refractivity contribution in [2.45, 2.75) is 25.8 Å². The fourth-order valence-corrected chi connectivity index (χ4v) is 3.53. The van der Waals surface area contributed by atoms with Gasteiger partial charge in [-0.15, -0.1) is 0 Å². The molecule has 1 saturated heterocycles. The van der Waals surface area contributed by atoms with E-state index in [1.165, 1.54) is 0 Å². The Bertz CT molecular complexity index is 645. The monoisotopic (exact) mass is 313 g/mol. The first-order valence-corrected chi connectivity index (χ1v) is 8.63. The molecule has 21 heavy (non-hydrogen) atoms. The quantitative estimate of drug-likeness (QED) is 0.670. The lowest BCUT2D eigenvalue weighted by Crippen LogP contribution is -2.47. The lowest BCUT2D eigenvalue weighted by molar-refractivity contribution is -0.384. The normalized spacial score (nSPS) is 19.5. The van der Waals surface area contributed by atoms with Gasteiger partial charge in [-0.1, -0.05) is 12.1 Å². The van der Waals surface area contributed by atoms with Crippen LogP contribution in [-0.4, -0.2) is 38.7 Å². The van der Waals surface area contributed by atoms with Crippen molar-refractivity contribution in [1.82, 2.24) is 4.72 Å². The van der Waals surface area contributed by atoms with Crippen molar-refractivity contribution in [2.24, 2.45) is 0 Å². The molecule has 1 aromatic carbocycles. The number of aryl methyl sites for hydroxylation is 1. The molecule has 1 N–H and O–H groups in total. The van der Waals surface area contributed by atoms with Crippen LogP contribution in [0.4, 0.5) is 11.4 Å². The fourth-order valence-electron chi connectivity index (χ4n) is 2.73. The highest BCUT2D eigenvalue weighted by Crippen LogP contribution is 2.33. The zero-order valence-electron chi connectivity index (χ0n) is 12.1. The number of piperidine rings is 1. The summed E-state index contributed by atoms with van der Waals surface area (Å²) in [6.45, 7) is 2.83. The van der Waals surface area contributed by atoms with Crippen molar-refractivity contribution in [3.05, 3.63) is 33.9 Å². The van der Waals surface area contributed by atoms with Crippen LogP contribution in [0.5, 0.6) is 0 Å². The SMILES string of the molecule is Cc1cccc(N2CCC[C@@H](NS(C)(=O)=O)C2)c1[N+](=O)[O-]. The topological polar surface area (TPSA) is 92.6 Å². The lowest BCUT2D eigenvalue weighted by atomic mass is 10.0. The Labute approximate surface area is 124 Å². The lowest BCUT2D eigenvalue weighted by Gasteiger charge is -2.34. The van der Waals surface area contributed by atoms with Gasteiger partial charge in [0.25, 0.3) is 5.69 Å². The molecule has 1 atom stereocenters. The van der Waals surface area contributed by atoms with Crippen molar-refractivity contribution in [3.8, 4) is 0 Å². The highest BCUT2D eigenvalue weighted by Gasteiger charge is 2.27. The second kappa shape index (κ2) is 5.98. The molecular weight excluding hydrogens is 294 g/mol. The molecule has 1 aliphatic rings. The van der Waals surface area contributed by atoms with Crippen molar-refractivity contribution in [2.75, 3.05) is 24.2 Å². The number of para-hydroxylation sites is 1. The van der Waals surface area contributed by atoms with Gasteiger partial charge in [0.15, 0.2) is 0 Å². The van der Waals surface area contributed by atoms with Gasteiger partial charge in [-0.2, -0.15) is 0 Å². The van der Waals surface area contributed by atoms with E-state index in [-0.39, 0.29) is 16.7 Å². The molecule has 8 heteroatoms. The van der Waals surface area contributed by atoms with Gasteiger partial charge in [-0.3, -0.25) is 10.1 Å². The number of anilines is 1. The Hall–Kier alpha value is -1.67. The molecule has 1 aromatic rings. The van der Waals surface area contributed by atoms with Crippen LogP contribution < -0.4 is 9.62 Å². The highest BCUT2D eigenvalue weighted by molar-refractivity contribution is 7.88. The molecule has 0 amide bonds. The Morgan fingerprint density at radius 3 is 2.76 bits per heavy atom. The van der Waals surface area contributed by atoms with Gasteiger partial charge in [-0.05, 0) is 25.8 Å². The van der Waals surface area contributed by atoms with Gasteiger partial charge in [-0.25, -0.2) is 13.1 Å². The summed E-state index contributed by atoms with van der Waals surface area (Å²) in [7, 11) is -3.27. The summed E-state index contributed by atoms with van der Waals surface area (Å²) in [5, 5.41) is 11.3. The summed E-state index contributed by atoms with van der Waals surface area (Å²) >= 11 is 0. The molecule has 0 radical (unpaired) electrons. The number of sulfonamides is 1. The van der Waals surface area contributed by atoms with Gasteiger partial charge in [0.05, 0.1) is 11.2 Å². The predicted octanol–water partition coefficient (Wildman–Crippen LogP) is 1.42. The minimum absolute atomic E-state index is 0.0949. The largest absolute Gasteiger partial charge is 0.364 e. The third kappa shape index (κ3) is 3.92. The number of nitro groups is 1. The van der Waals surface area contributed by atoms with Crippen LogP contribution in [0.1, 0.15) is 18.4 Å². The smallest absolute Gasteiger partial charge is 0.295 e. The van der Waals surface area contributed by atoms with E-state index in [1.807, 2.05) is 4.90 Å².